The molecular formula is C20H19ClN4S. The molecule has 1 unspecified atom stereocenters. The molecule has 26 heavy (non-hydrogen) atoms. The Labute approximate surface area is 162 Å². The average Bonchev–Trinajstić information content (AvgIpc) is 2.63. The zero-order valence-electron chi connectivity index (χ0n) is 14.4. The van der Waals surface area contributed by atoms with E-state index in [1.54, 1.807) is 11.8 Å². The van der Waals surface area contributed by atoms with Crippen LogP contribution in [0.5, 0.6) is 0 Å². The summed E-state index contributed by atoms with van der Waals surface area (Å²) in [6.45, 7) is 2.81. The topological polar surface area (TPSA) is 49.8 Å². The predicted molar refractivity (Wildman–Crippen MR) is 108 cm³/mol. The monoisotopic (exact) mass is 382 g/mol. The van der Waals surface area contributed by atoms with Crippen LogP contribution in [0.25, 0.3) is 0 Å². The number of para-hydroxylation sites is 1. The number of anilines is 2. The molecule has 4 nitrogen and oxygen atoms in total. The second-order valence-electron chi connectivity index (χ2n) is 6.19. The number of aryl methyl sites for hydroxylation is 1. The molecule has 0 spiro atoms. The van der Waals surface area contributed by atoms with Gasteiger partial charge in [-0.05, 0) is 43.7 Å². The van der Waals surface area contributed by atoms with Crippen molar-refractivity contribution in [2.45, 2.75) is 29.2 Å². The number of halogens is 1. The van der Waals surface area contributed by atoms with Crippen LogP contribution in [0.4, 0.5) is 11.5 Å². The van der Waals surface area contributed by atoms with Crippen molar-refractivity contribution < 1.29 is 0 Å². The fraction of sp³-hybridized carbons (Fsp3) is 0.200. The minimum atomic E-state index is 0.188. The largest absolute Gasteiger partial charge is 0.377 e. The highest BCUT2D eigenvalue weighted by molar-refractivity contribution is 7.99. The Hall–Kier alpha value is -2.24. The van der Waals surface area contributed by atoms with Crippen molar-refractivity contribution >= 4 is 34.9 Å². The van der Waals surface area contributed by atoms with Gasteiger partial charge in [-0.1, -0.05) is 41.6 Å². The van der Waals surface area contributed by atoms with Gasteiger partial charge in [0.25, 0.3) is 0 Å². The van der Waals surface area contributed by atoms with E-state index in [1.807, 2.05) is 31.3 Å². The lowest BCUT2D eigenvalue weighted by molar-refractivity contribution is 0.681. The number of fused-ring (bicyclic) bond motifs is 1. The van der Waals surface area contributed by atoms with Crippen molar-refractivity contribution in [3.05, 3.63) is 71.1 Å². The van der Waals surface area contributed by atoms with Crippen molar-refractivity contribution in [2.75, 3.05) is 17.2 Å². The van der Waals surface area contributed by atoms with Gasteiger partial charge >= 0.3 is 0 Å². The second kappa shape index (κ2) is 7.56. The first-order valence-corrected chi connectivity index (χ1v) is 9.75. The second-order valence-corrected chi connectivity index (χ2v) is 7.74. The van der Waals surface area contributed by atoms with E-state index in [4.69, 9.17) is 11.6 Å². The molecule has 0 bridgehead atoms. The van der Waals surface area contributed by atoms with Crippen molar-refractivity contribution in [2.24, 2.45) is 0 Å². The number of nitrogens with one attached hydrogen (secondary N) is 2. The normalized spacial score (nSPS) is 15.8. The maximum atomic E-state index is 6.13. The number of benzene rings is 2. The van der Waals surface area contributed by atoms with Gasteiger partial charge < -0.3 is 10.6 Å². The van der Waals surface area contributed by atoms with Crippen LogP contribution in [0.1, 0.15) is 23.9 Å². The van der Waals surface area contributed by atoms with Gasteiger partial charge in [0.2, 0.25) is 0 Å². The fourth-order valence-electron chi connectivity index (χ4n) is 3.04. The minimum Gasteiger partial charge on any atom is -0.377 e. The summed E-state index contributed by atoms with van der Waals surface area (Å²) in [6.07, 6.45) is 2.91. The van der Waals surface area contributed by atoms with Crippen LogP contribution >= 0.6 is 23.4 Å². The van der Waals surface area contributed by atoms with E-state index in [0.717, 1.165) is 45.8 Å². The highest BCUT2D eigenvalue weighted by atomic mass is 35.5. The Morgan fingerprint density at radius 2 is 2.08 bits per heavy atom. The van der Waals surface area contributed by atoms with Gasteiger partial charge in [0.15, 0.2) is 0 Å². The van der Waals surface area contributed by atoms with Gasteiger partial charge in [-0.2, -0.15) is 0 Å². The summed E-state index contributed by atoms with van der Waals surface area (Å²) >= 11 is 7.83. The summed E-state index contributed by atoms with van der Waals surface area (Å²) in [5.41, 5.74) is 2.22. The zero-order valence-corrected chi connectivity index (χ0v) is 15.9. The van der Waals surface area contributed by atoms with Crippen LogP contribution in [0.2, 0.25) is 5.02 Å². The summed E-state index contributed by atoms with van der Waals surface area (Å²) in [7, 11) is 0. The lowest BCUT2D eigenvalue weighted by Gasteiger charge is -2.28. The highest BCUT2D eigenvalue weighted by Gasteiger charge is 2.22. The molecule has 6 heteroatoms. The summed E-state index contributed by atoms with van der Waals surface area (Å²) in [6, 6.07) is 16.5. The van der Waals surface area contributed by atoms with Crippen molar-refractivity contribution in [1.82, 2.24) is 9.97 Å². The first-order valence-electron chi connectivity index (χ1n) is 8.55. The summed E-state index contributed by atoms with van der Waals surface area (Å²) in [5.74, 6) is 1.72. The van der Waals surface area contributed by atoms with Crippen molar-refractivity contribution in [3.8, 4) is 0 Å². The Kier molecular flexibility index (Phi) is 5.00. The molecule has 0 amide bonds. The van der Waals surface area contributed by atoms with E-state index >= 15 is 0 Å². The van der Waals surface area contributed by atoms with E-state index in [2.05, 4.69) is 50.9 Å². The Bertz CT molecular complexity index is 931. The molecule has 1 aromatic heterocycles. The lowest BCUT2D eigenvalue weighted by atomic mass is 10.0. The molecule has 1 aliphatic heterocycles. The molecule has 2 N–H and O–H groups in total. The van der Waals surface area contributed by atoms with Crippen LogP contribution in [0.3, 0.4) is 0 Å². The van der Waals surface area contributed by atoms with E-state index in [-0.39, 0.29) is 6.04 Å². The number of nitrogens with zero attached hydrogens (tertiary/aromatic N) is 2. The number of hydrogen-bond acceptors (Lipinski definition) is 5. The first kappa shape index (κ1) is 17.2. The molecule has 0 fully saturated rings. The third-order valence-corrected chi connectivity index (χ3v) is 5.58. The Morgan fingerprint density at radius 3 is 2.96 bits per heavy atom. The van der Waals surface area contributed by atoms with E-state index in [1.165, 1.54) is 4.90 Å². The maximum Gasteiger partial charge on any atom is 0.134 e. The molecule has 1 atom stereocenters. The molecule has 2 aromatic carbocycles. The summed E-state index contributed by atoms with van der Waals surface area (Å²) in [5, 5.41) is 7.81. The lowest BCUT2D eigenvalue weighted by Crippen LogP contribution is -2.24. The summed E-state index contributed by atoms with van der Waals surface area (Å²) < 4.78 is 0. The Morgan fingerprint density at radius 1 is 1.19 bits per heavy atom. The molecule has 1 aliphatic rings. The molecule has 0 saturated carbocycles. The molecule has 0 saturated heterocycles. The Balaban J connectivity index is 1.60. The quantitative estimate of drug-likeness (QED) is 0.618. The minimum absolute atomic E-state index is 0.188. The molecule has 3 aromatic rings. The van der Waals surface area contributed by atoms with Crippen LogP contribution < -0.4 is 10.6 Å². The van der Waals surface area contributed by atoms with Crippen LogP contribution in [0, 0.1) is 6.92 Å². The number of rotatable bonds is 4. The number of hydrogen-bond donors (Lipinski definition) is 2. The number of aromatic nitrogens is 2. The fourth-order valence-corrected chi connectivity index (χ4v) is 4.26. The van der Waals surface area contributed by atoms with Gasteiger partial charge in [-0.15, -0.1) is 0 Å². The predicted octanol–water partition coefficient (Wildman–Crippen LogP) is 5.56. The van der Waals surface area contributed by atoms with Gasteiger partial charge in [0, 0.05) is 38.8 Å². The van der Waals surface area contributed by atoms with Crippen molar-refractivity contribution in [3.63, 3.8) is 0 Å². The third kappa shape index (κ3) is 3.79. The smallest absolute Gasteiger partial charge is 0.134 e. The third-order valence-electron chi connectivity index (χ3n) is 4.28. The summed E-state index contributed by atoms with van der Waals surface area (Å²) in [4.78, 5) is 11.2. The maximum absolute atomic E-state index is 6.13. The molecule has 4 rings (SSSR count). The SMILES string of the molecule is Cc1ncc2c(n1)NCCC2Nc1ccccc1Sc1cccc(Cl)c1. The van der Waals surface area contributed by atoms with Crippen molar-refractivity contribution in [1.29, 1.82) is 0 Å². The van der Waals surface area contributed by atoms with Gasteiger partial charge in [0.1, 0.15) is 11.6 Å². The standard InChI is InChI=1S/C20H19ClN4S/c1-13-23-12-16-17(9-10-22-20(16)24-13)25-18-7-2-3-8-19(18)26-15-6-4-5-14(21)11-15/h2-8,11-12,17,25H,9-10H2,1H3,(H,22,23,24). The highest BCUT2D eigenvalue weighted by Crippen LogP contribution is 2.37. The van der Waals surface area contributed by atoms with Gasteiger partial charge in [-0.3, -0.25) is 0 Å². The molecule has 0 aliphatic carbocycles. The molecular weight excluding hydrogens is 364 g/mol. The average molecular weight is 383 g/mol. The molecule has 2 heterocycles. The van der Waals surface area contributed by atoms with Crippen LogP contribution in [-0.2, 0) is 0 Å². The van der Waals surface area contributed by atoms with Crippen LogP contribution in [0.15, 0.2) is 64.5 Å². The van der Waals surface area contributed by atoms with E-state index in [9.17, 15) is 0 Å². The van der Waals surface area contributed by atoms with E-state index in [0.29, 0.717) is 0 Å². The van der Waals surface area contributed by atoms with Gasteiger partial charge in [-0.25, -0.2) is 9.97 Å². The molecule has 0 radical (unpaired) electrons. The molecule has 132 valence electrons. The van der Waals surface area contributed by atoms with E-state index < -0.39 is 0 Å². The van der Waals surface area contributed by atoms with Crippen LogP contribution in [-0.4, -0.2) is 16.5 Å². The first-order chi connectivity index (χ1) is 12.7. The van der Waals surface area contributed by atoms with Gasteiger partial charge in [0.05, 0.1) is 6.04 Å². The zero-order chi connectivity index (χ0) is 17.9.